The molecule has 7 heteroatoms. The Labute approximate surface area is 172 Å². The first-order valence-corrected chi connectivity index (χ1v) is 10.5. The quantitative estimate of drug-likeness (QED) is 0.687. The van der Waals surface area contributed by atoms with E-state index < -0.39 is 5.91 Å². The van der Waals surface area contributed by atoms with Gasteiger partial charge < -0.3 is 15.2 Å². The Kier molecular flexibility index (Phi) is 6.97. The summed E-state index contributed by atoms with van der Waals surface area (Å²) in [5.41, 5.74) is 8.60. The molecule has 0 unspecified atom stereocenters. The molecule has 2 aromatic rings. The van der Waals surface area contributed by atoms with Crippen molar-refractivity contribution in [1.29, 1.82) is 0 Å². The molecule has 0 spiro atoms. The number of anilines is 1. The van der Waals surface area contributed by atoms with E-state index in [2.05, 4.69) is 39.9 Å². The number of unbranched alkanes of at least 4 members (excludes halogenated alkanes) is 1. The predicted octanol–water partition coefficient (Wildman–Crippen LogP) is 3.11. The van der Waals surface area contributed by atoms with Gasteiger partial charge in [0.25, 0.3) is 5.91 Å². The van der Waals surface area contributed by atoms with Crippen molar-refractivity contribution in [3.8, 4) is 0 Å². The number of carbonyl (C=O) groups is 1. The third-order valence-corrected chi connectivity index (χ3v) is 5.83. The van der Waals surface area contributed by atoms with Crippen molar-refractivity contribution in [2.75, 3.05) is 37.6 Å². The lowest BCUT2D eigenvalue weighted by Gasteiger charge is -2.36. The number of benzene rings is 1. The number of nitrogens with zero attached hydrogens (tertiary/aromatic N) is 4. The zero-order valence-corrected chi connectivity index (χ0v) is 17.6. The van der Waals surface area contributed by atoms with Crippen molar-refractivity contribution in [2.24, 2.45) is 5.73 Å². The third kappa shape index (κ3) is 4.86. The predicted molar refractivity (Wildman–Crippen MR) is 114 cm³/mol. The first kappa shape index (κ1) is 20.7. The molecule has 0 radical (unpaired) electrons. The number of primary amides is 1. The summed E-state index contributed by atoms with van der Waals surface area (Å²) >= 11 is 6.58. The van der Waals surface area contributed by atoms with Gasteiger partial charge in [0.05, 0.1) is 16.4 Å². The summed E-state index contributed by atoms with van der Waals surface area (Å²) in [6, 6.07) is 6.33. The van der Waals surface area contributed by atoms with Crippen molar-refractivity contribution in [3.63, 3.8) is 0 Å². The lowest BCUT2D eigenvalue weighted by molar-refractivity contribution is 0.0986. The van der Waals surface area contributed by atoms with Gasteiger partial charge in [0, 0.05) is 38.9 Å². The summed E-state index contributed by atoms with van der Waals surface area (Å²) in [7, 11) is 0. The fourth-order valence-corrected chi connectivity index (χ4v) is 4.21. The van der Waals surface area contributed by atoms with E-state index in [9.17, 15) is 4.79 Å². The van der Waals surface area contributed by atoms with Crippen LogP contribution < -0.4 is 10.6 Å². The molecule has 1 aliphatic rings. The standard InChI is InChI=1S/C21H30ClN5O/c1-3-17-7-6-8-18(19(17)22)26-13-11-25(12-14-26)9-4-5-10-27-15-16(2)24-21(27)20(23)28/h6-8,15H,3-5,9-14H2,1-2H3,(H2,23,28). The van der Waals surface area contributed by atoms with Crippen molar-refractivity contribution in [1.82, 2.24) is 14.5 Å². The number of piperazine rings is 1. The zero-order chi connectivity index (χ0) is 20.1. The lowest BCUT2D eigenvalue weighted by Crippen LogP contribution is -2.46. The first-order valence-electron chi connectivity index (χ1n) is 10.1. The van der Waals surface area contributed by atoms with E-state index in [-0.39, 0.29) is 0 Å². The van der Waals surface area contributed by atoms with Crippen molar-refractivity contribution in [3.05, 3.63) is 46.5 Å². The van der Waals surface area contributed by atoms with Crippen LogP contribution in [0.1, 0.15) is 41.6 Å². The minimum Gasteiger partial charge on any atom is -0.368 e. The highest BCUT2D eigenvalue weighted by Gasteiger charge is 2.19. The van der Waals surface area contributed by atoms with E-state index in [1.54, 1.807) is 0 Å². The summed E-state index contributed by atoms with van der Waals surface area (Å²) in [5, 5.41) is 0.902. The maximum atomic E-state index is 11.4. The van der Waals surface area contributed by atoms with Gasteiger partial charge in [-0.1, -0.05) is 30.7 Å². The van der Waals surface area contributed by atoms with Crippen molar-refractivity contribution in [2.45, 2.75) is 39.7 Å². The zero-order valence-electron chi connectivity index (χ0n) is 16.8. The van der Waals surface area contributed by atoms with Gasteiger partial charge >= 0.3 is 0 Å². The van der Waals surface area contributed by atoms with Crippen LogP contribution in [0.5, 0.6) is 0 Å². The summed E-state index contributed by atoms with van der Waals surface area (Å²) in [6.07, 6.45) is 4.94. The Hall–Kier alpha value is -2.05. The third-order valence-electron chi connectivity index (χ3n) is 5.39. The van der Waals surface area contributed by atoms with E-state index in [4.69, 9.17) is 17.3 Å². The van der Waals surface area contributed by atoms with E-state index in [1.807, 2.05) is 17.7 Å². The number of hydrogen-bond acceptors (Lipinski definition) is 4. The number of imidazole rings is 1. The molecule has 1 fully saturated rings. The highest BCUT2D eigenvalue weighted by atomic mass is 35.5. The molecule has 2 N–H and O–H groups in total. The molecule has 2 heterocycles. The second-order valence-electron chi connectivity index (χ2n) is 7.40. The number of aromatic nitrogens is 2. The van der Waals surface area contributed by atoms with Crippen LogP contribution in [0, 0.1) is 6.92 Å². The van der Waals surface area contributed by atoms with Gasteiger partial charge in [-0.15, -0.1) is 0 Å². The Bertz CT molecular complexity index is 811. The highest BCUT2D eigenvalue weighted by molar-refractivity contribution is 6.34. The van der Waals surface area contributed by atoms with Gasteiger partial charge in [0.1, 0.15) is 0 Å². The molecule has 0 bridgehead atoms. The summed E-state index contributed by atoms with van der Waals surface area (Å²) in [5.74, 6) is -0.104. The van der Waals surface area contributed by atoms with Crippen LogP contribution in [-0.2, 0) is 13.0 Å². The molecule has 1 aromatic heterocycles. The monoisotopic (exact) mass is 403 g/mol. The number of carbonyl (C=O) groups excluding carboxylic acids is 1. The van der Waals surface area contributed by atoms with E-state index in [0.29, 0.717) is 5.82 Å². The molecule has 3 rings (SSSR count). The fraction of sp³-hybridized carbons (Fsp3) is 0.524. The van der Waals surface area contributed by atoms with Gasteiger partial charge in [0.2, 0.25) is 0 Å². The largest absolute Gasteiger partial charge is 0.368 e. The van der Waals surface area contributed by atoms with Gasteiger partial charge in [-0.25, -0.2) is 4.98 Å². The van der Waals surface area contributed by atoms with Crippen LogP contribution >= 0.6 is 11.6 Å². The Morgan fingerprint density at radius 1 is 1.18 bits per heavy atom. The number of rotatable bonds is 8. The summed E-state index contributed by atoms with van der Waals surface area (Å²) in [6.45, 7) is 9.95. The molecule has 0 aliphatic carbocycles. The number of nitrogens with two attached hydrogens (primary N) is 1. The van der Waals surface area contributed by atoms with Gasteiger partial charge in [-0.05, 0) is 44.4 Å². The average molecular weight is 404 g/mol. The first-order chi connectivity index (χ1) is 13.5. The molecule has 1 saturated heterocycles. The molecule has 152 valence electrons. The van der Waals surface area contributed by atoms with Crippen molar-refractivity contribution >= 4 is 23.2 Å². The number of halogens is 1. The van der Waals surface area contributed by atoms with E-state index >= 15 is 0 Å². The Balaban J connectivity index is 1.44. The lowest BCUT2D eigenvalue weighted by atomic mass is 10.1. The van der Waals surface area contributed by atoms with Gasteiger partial charge in [-0.3, -0.25) is 9.69 Å². The normalized spacial score (nSPS) is 15.2. The second-order valence-corrected chi connectivity index (χ2v) is 7.78. The Morgan fingerprint density at radius 2 is 1.89 bits per heavy atom. The smallest absolute Gasteiger partial charge is 0.284 e. The topological polar surface area (TPSA) is 67.4 Å². The van der Waals surface area contributed by atoms with Crippen LogP contribution in [0.3, 0.4) is 0 Å². The fourth-order valence-electron chi connectivity index (χ4n) is 3.83. The molecular formula is C21H30ClN5O. The van der Waals surface area contributed by atoms with E-state index in [1.165, 1.54) is 5.56 Å². The molecule has 28 heavy (non-hydrogen) atoms. The van der Waals surface area contributed by atoms with Gasteiger partial charge in [-0.2, -0.15) is 0 Å². The molecule has 1 aliphatic heterocycles. The van der Waals surface area contributed by atoms with Crippen LogP contribution in [-0.4, -0.2) is 53.1 Å². The molecule has 1 aromatic carbocycles. The summed E-state index contributed by atoms with van der Waals surface area (Å²) < 4.78 is 1.87. The average Bonchev–Trinajstić information content (AvgIpc) is 3.07. The minimum absolute atomic E-state index is 0.359. The molecule has 1 amide bonds. The minimum atomic E-state index is -0.463. The second kappa shape index (κ2) is 9.43. The number of aryl methyl sites for hydroxylation is 3. The summed E-state index contributed by atoms with van der Waals surface area (Å²) in [4.78, 5) is 20.5. The molecule has 0 saturated carbocycles. The van der Waals surface area contributed by atoms with Crippen LogP contribution in [0.25, 0.3) is 0 Å². The van der Waals surface area contributed by atoms with Crippen LogP contribution in [0.4, 0.5) is 5.69 Å². The van der Waals surface area contributed by atoms with Crippen LogP contribution in [0.15, 0.2) is 24.4 Å². The van der Waals surface area contributed by atoms with Gasteiger partial charge in [0.15, 0.2) is 5.82 Å². The maximum Gasteiger partial charge on any atom is 0.284 e. The maximum absolute atomic E-state index is 11.4. The molecule has 6 nitrogen and oxygen atoms in total. The molecular weight excluding hydrogens is 374 g/mol. The SMILES string of the molecule is CCc1cccc(N2CCN(CCCCn3cc(C)nc3C(N)=O)CC2)c1Cl. The molecule has 0 atom stereocenters. The number of hydrogen-bond donors (Lipinski definition) is 1. The number of amides is 1. The van der Waals surface area contributed by atoms with Crippen LogP contribution in [0.2, 0.25) is 5.02 Å². The van der Waals surface area contributed by atoms with Crippen molar-refractivity contribution < 1.29 is 4.79 Å². The van der Waals surface area contributed by atoms with E-state index in [0.717, 1.165) is 74.9 Å². The Morgan fingerprint density at radius 3 is 2.57 bits per heavy atom. The highest BCUT2D eigenvalue weighted by Crippen LogP contribution is 2.30.